The summed E-state index contributed by atoms with van der Waals surface area (Å²) in [5.74, 6) is -0.257. The summed E-state index contributed by atoms with van der Waals surface area (Å²) < 4.78 is 0. The molecule has 0 spiro atoms. The molecule has 2 unspecified atom stereocenters. The van der Waals surface area contributed by atoms with Crippen LogP contribution in [0, 0.1) is 5.92 Å². The molecule has 1 amide bonds. The molecule has 3 nitrogen and oxygen atoms in total. The Balaban J connectivity index is 0.00000200. The Bertz CT molecular complexity index is 516. The Hall–Kier alpha value is -1.36. The predicted molar refractivity (Wildman–Crippen MR) is 85.9 cm³/mol. The van der Waals surface area contributed by atoms with Crippen molar-refractivity contribution in [3.05, 3.63) is 58.3 Å². The molecule has 0 bridgehead atoms. The van der Waals surface area contributed by atoms with E-state index < -0.39 is 0 Å². The average molecular weight is 311 g/mol. The molecule has 1 aromatic carbocycles. The van der Waals surface area contributed by atoms with Crippen LogP contribution in [0.1, 0.15) is 23.4 Å². The number of hydrogen-bond donors (Lipinski definition) is 2. The zero-order valence-electron chi connectivity index (χ0n) is 11.3. The van der Waals surface area contributed by atoms with E-state index in [1.54, 1.807) is 11.3 Å². The predicted octanol–water partition coefficient (Wildman–Crippen LogP) is 3.12. The van der Waals surface area contributed by atoms with Crippen LogP contribution in [0.15, 0.2) is 47.8 Å². The van der Waals surface area contributed by atoms with Gasteiger partial charge in [-0.15, -0.1) is 23.7 Å². The quantitative estimate of drug-likeness (QED) is 0.891. The van der Waals surface area contributed by atoms with Crippen LogP contribution in [-0.2, 0) is 11.3 Å². The molecule has 3 N–H and O–H groups in total. The summed E-state index contributed by atoms with van der Waals surface area (Å²) in [6.07, 6.45) is 0. The summed E-state index contributed by atoms with van der Waals surface area (Å²) in [4.78, 5) is 13.2. The van der Waals surface area contributed by atoms with Crippen LogP contribution in [0.3, 0.4) is 0 Å². The molecular formula is C15H19ClN2OS. The van der Waals surface area contributed by atoms with Crippen molar-refractivity contribution in [1.29, 1.82) is 0 Å². The minimum atomic E-state index is -0.274. The van der Waals surface area contributed by atoms with E-state index in [9.17, 15) is 4.79 Å². The summed E-state index contributed by atoms with van der Waals surface area (Å²) in [5, 5.41) is 4.93. The average Bonchev–Trinajstić information content (AvgIpc) is 2.97. The Labute approximate surface area is 129 Å². The van der Waals surface area contributed by atoms with Crippen LogP contribution in [-0.4, -0.2) is 5.91 Å². The van der Waals surface area contributed by atoms with Crippen molar-refractivity contribution in [2.24, 2.45) is 11.7 Å². The van der Waals surface area contributed by atoms with Crippen LogP contribution in [0.2, 0.25) is 0 Å². The van der Waals surface area contributed by atoms with Gasteiger partial charge in [0.1, 0.15) is 0 Å². The first-order valence-electron chi connectivity index (χ1n) is 6.29. The summed E-state index contributed by atoms with van der Waals surface area (Å²) >= 11 is 1.64. The number of nitrogens with one attached hydrogen (secondary N) is 1. The first-order valence-corrected chi connectivity index (χ1v) is 7.17. The van der Waals surface area contributed by atoms with Crippen molar-refractivity contribution in [3.8, 4) is 0 Å². The summed E-state index contributed by atoms with van der Waals surface area (Å²) in [7, 11) is 0. The fourth-order valence-corrected chi connectivity index (χ4v) is 2.52. The van der Waals surface area contributed by atoms with E-state index in [-0.39, 0.29) is 30.3 Å². The largest absolute Gasteiger partial charge is 0.351 e. The van der Waals surface area contributed by atoms with Gasteiger partial charge < -0.3 is 11.1 Å². The van der Waals surface area contributed by atoms with Gasteiger partial charge in [-0.1, -0.05) is 43.3 Å². The second-order valence-corrected chi connectivity index (χ2v) is 5.55. The molecule has 2 aromatic rings. The molecule has 2 atom stereocenters. The van der Waals surface area contributed by atoms with Gasteiger partial charge in [0, 0.05) is 10.9 Å². The number of rotatable bonds is 5. The number of halogens is 1. The molecule has 0 aliphatic carbocycles. The number of carbonyl (C=O) groups is 1. The van der Waals surface area contributed by atoms with E-state index in [2.05, 4.69) is 5.32 Å². The summed E-state index contributed by atoms with van der Waals surface area (Å²) in [6, 6.07) is 13.4. The van der Waals surface area contributed by atoms with Gasteiger partial charge in [-0.05, 0) is 17.0 Å². The molecule has 0 aliphatic heterocycles. The lowest BCUT2D eigenvalue weighted by Crippen LogP contribution is -2.35. The SMILES string of the molecule is CC(C(=O)NCc1cccs1)C(N)c1ccccc1.Cl. The Morgan fingerprint density at radius 1 is 1.25 bits per heavy atom. The lowest BCUT2D eigenvalue weighted by molar-refractivity contribution is -0.125. The minimum absolute atomic E-state index is 0. The molecule has 5 heteroatoms. The van der Waals surface area contributed by atoms with Gasteiger partial charge in [-0.25, -0.2) is 0 Å². The molecule has 20 heavy (non-hydrogen) atoms. The van der Waals surface area contributed by atoms with Crippen LogP contribution in [0.4, 0.5) is 0 Å². The zero-order chi connectivity index (χ0) is 13.7. The van der Waals surface area contributed by atoms with Gasteiger partial charge in [0.15, 0.2) is 0 Å². The molecule has 1 aromatic heterocycles. The number of thiophene rings is 1. The van der Waals surface area contributed by atoms with Crippen molar-refractivity contribution >= 4 is 29.7 Å². The number of nitrogens with two attached hydrogens (primary N) is 1. The Morgan fingerprint density at radius 2 is 1.95 bits per heavy atom. The molecule has 108 valence electrons. The molecule has 1 heterocycles. The lowest BCUT2D eigenvalue weighted by Gasteiger charge is -2.19. The highest BCUT2D eigenvalue weighted by Crippen LogP contribution is 2.19. The third-order valence-electron chi connectivity index (χ3n) is 3.15. The van der Waals surface area contributed by atoms with Crippen molar-refractivity contribution < 1.29 is 4.79 Å². The maximum absolute atomic E-state index is 12.1. The van der Waals surface area contributed by atoms with Gasteiger partial charge in [0.2, 0.25) is 5.91 Å². The second kappa shape index (κ2) is 8.04. The third kappa shape index (κ3) is 4.34. The number of benzene rings is 1. The van der Waals surface area contributed by atoms with Gasteiger partial charge in [-0.3, -0.25) is 4.79 Å². The van der Waals surface area contributed by atoms with E-state index in [0.717, 1.165) is 10.4 Å². The maximum Gasteiger partial charge on any atom is 0.225 e. The highest BCUT2D eigenvalue weighted by Gasteiger charge is 2.21. The van der Waals surface area contributed by atoms with Crippen LogP contribution in [0.5, 0.6) is 0 Å². The number of amides is 1. The highest BCUT2D eigenvalue weighted by molar-refractivity contribution is 7.09. The van der Waals surface area contributed by atoms with Crippen LogP contribution in [0.25, 0.3) is 0 Å². The first kappa shape index (κ1) is 16.7. The monoisotopic (exact) mass is 310 g/mol. The Kier molecular flexibility index (Phi) is 6.71. The van der Waals surface area contributed by atoms with E-state index in [1.165, 1.54) is 0 Å². The summed E-state index contributed by atoms with van der Waals surface area (Å²) in [6.45, 7) is 2.43. The number of carbonyl (C=O) groups excluding carboxylic acids is 1. The molecule has 0 saturated carbocycles. The molecular weight excluding hydrogens is 292 g/mol. The smallest absolute Gasteiger partial charge is 0.225 e. The molecule has 2 rings (SSSR count). The van der Waals surface area contributed by atoms with Crippen molar-refractivity contribution in [2.45, 2.75) is 19.5 Å². The lowest BCUT2D eigenvalue weighted by atomic mass is 9.95. The Morgan fingerprint density at radius 3 is 2.55 bits per heavy atom. The first-order chi connectivity index (χ1) is 9.18. The van der Waals surface area contributed by atoms with Gasteiger partial charge >= 0.3 is 0 Å². The molecule has 0 saturated heterocycles. The van der Waals surface area contributed by atoms with E-state index in [1.807, 2.05) is 54.8 Å². The zero-order valence-corrected chi connectivity index (χ0v) is 12.9. The molecule has 0 fully saturated rings. The van der Waals surface area contributed by atoms with E-state index >= 15 is 0 Å². The van der Waals surface area contributed by atoms with Crippen molar-refractivity contribution in [3.63, 3.8) is 0 Å². The second-order valence-electron chi connectivity index (χ2n) is 4.52. The van der Waals surface area contributed by atoms with Crippen LogP contribution >= 0.6 is 23.7 Å². The van der Waals surface area contributed by atoms with Gasteiger partial charge in [-0.2, -0.15) is 0 Å². The molecule has 0 aliphatic rings. The van der Waals surface area contributed by atoms with Gasteiger partial charge in [0.05, 0.1) is 12.5 Å². The van der Waals surface area contributed by atoms with Gasteiger partial charge in [0.25, 0.3) is 0 Å². The molecule has 0 radical (unpaired) electrons. The number of hydrogen-bond acceptors (Lipinski definition) is 3. The fourth-order valence-electron chi connectivity index (χ4n) is 1.88. The highest BCUT2D eigenvalue weighted by atomic mass is 35.5. The van der Waals surface area contributed by atoms with Crippen molar-refractivity contribution in [1.82, 2.24) is 5.32 Å². The maximum atomic E-state index is 12.1. The topological polar surface area (TPSA) is 55.1 Å². The fraction of sp³-hybridized carbons (Fsp3) is 0.267. The van der Waals surface area contributed by atoms with E-state index in [4.69, 9.17) is 5.73 Å². The minimum Gasteiger partial charge on any atom is -0.351 e. The third-order valence-corrected chi connectivity index (χ3v) is 4.03. The van der Waals surface area contributed by atoms with Crippen LogP contribution < -0.4 is 11.1 Å². The summed E-state index contributed by atoms with van der Waals surface area (Å²) in [5.41, 5.74) is 7.12. The van der Waals surface area contributed by atoms with E-state index in [0.29, 0.717) is 6.54 Å². The standard InChI is InChI=1S/C15H18N2OS.ClH/c1-11(14(16)12-6-3-2-4-7-12)15(18)17-10-13-8-5-9-19-13;/h2-9,11,14H,10,16H2,1H3,(H,17,18);1H. The van der Waals surface area contributed by atoms with Crippen molar-refractivity contribution in [2.75, 3.05) is 0 Å². The normalized spacial score (nSPS) is 13.1.